The number of carboxylic acid groups (broad SMARTS) is 1. The highest BCUT2D eigenvalue weighted by atomic mass is 32.2. The van der Waals surface area contributed by atoms with Gasteiger partial charge in [-0.25, -0.2) is 18.4 Å². The lowest BCUT2D eigenvalue weighted by molar-refractivity contribution is 0.0697. The molecule has 0 fully saturated rings. The van der Waals surface area contributed by atoms with Gasteiger partial charge in [-0.15, -0.1) is 11.3 Å². The highest BCUT2D eigenvalue weighted by Gasteiger charge is 2.23. The molecule has 3 rings (SSSR count). The van der Waals surface area contributed by atoms with Gasteiger partial charge in [0, 0.05) is 24.2 Å². The Kier molecular flexibility index (Phi) is 5.68. The molecule has 0 radical (unpaired) electrons. The number of hydrogen-bond acceptors (Lipinski definition) is 6. The zero-order valence-electron chi connectivity index (χ0n) is 15.0. The number of anilines is 3. The average molecular weight is 418 g/mol. The van der Waals surface area contributed by atoms with Crippen LogP contribution in [0.1, 0.15) is 15.2 Å². The molecule has 1 aromatic heterocycles. The Bertz CT molecular complexity index is 1080. The Morgan fingerprint density at radius 2 is 1.89 bits per heavy atom. The first kappa shape index (κ1) is 19.9. The molecule has 0 atom stereocenters. The van der Waals surface area contributed by atoms with Gasteiger partial charge < -0.3 is 15.3 Å². The Balaban J connectivity index is 2.12. The quantitative estimate of drug-likeness (QED) is 0.543. The number of sulfonamides is 1. The second-order valence-electron chi connectivity index (χ2n) is 6.04. The summed E-state index contributed by atoms with van der Waals surface area (Å²) in [6.07, 6.45) is 0. The predicted octanol–water partition coefficient (Wildman–Crippen LogP) is 3.47. The lowest BCUT2D eigenvalue weighted by atomic mass is 10.1. The number of benzene rings is 2. The number of primary sulfonamides is 1. The van der Waals surface area contributed by atoms with Gasteiger partial charge in [0.1, 0.15) is 4.90 Å². The molecule has 28 heavy (non-hydrogen) atoms. The summed E-state index contributed by atoms with van der Waals surface area (Å²) in [5, 5.41) is 20.0. The van der Waals surface area contributed by atoms with Crippen molar-refractivity contribution in [3.63, 3.8) is 0 Å². The molecule has 0 saturated carbocycles. The van der Waals surface area contributed by atoms with Crippen molar-refractivity contribution >= 4 is 44.4 Å². The van der Waals surface area contributed by atoms with Crippen molar-refractivity contribution in [3.05, 3.63) is 70.4 Å². The molecule has 146 valence electrons. The van der Waals surface area contributed by atoms with Crippen LogP contribution < -0.4 is 15.4 Å². The Morgan fingerprint density at radius 1 is 1.18 bits per heavy atom. The number of aromatic carboxylic acids is 1. The van der Waals surface area contributed by atoms with Crippen LogP contribution in [-0.2, 0) is 16.6 Å². The van der Waals surface area contributed by atoms with Crippen molar-refractivity contribution in [3.8, 4) is 0 Å². The predicted molar refractivity (Wildman–Crippen MR) is 111 cm³/mol. The zero-order valence-corrected chi connectivity index (χ0v) is 16.6. The molecule has 0 aliphatic heterocycles. The summed E-state index contributed by atoms with van der Waals surface area (Å²) in [5.74, 6) is -1.24. The van der Waals surface area contributed by atoms with Crippen molar-refractivity contribution in [2.45, 2.75) is 11.4 Å². The smallest absolute Gasteiger partial charge is 0.337 e. The third-order valence-corrected chi connectivity index (χ3v) is 5.99. The number of para-hydroxylation sites is 1. The number of rotatable bonds is 7. The molecular formula is C19H19N3O4S2. The molecule has 0 aliphatic rings. The van der Waals surface area contributed by atoms with Crippen LogP contribution in [0.2, 0.25) is 0 Å². The van der Waals surface area contributed by atoms with E-state index in [-0.39, 0.29) is 16.1 Å². The van der Waals surface area contributed by atoms with E-state index in [9.17, 15) is 18.3 Å². The molecule has 2 aromatic carbocycles. The lowest BCUT2D eigenvalue weighted by Crippen LogP contribution is -2.20. The third-order valence-electron chi connectivity index (χ3n) is 4.17. The summed E-state index contributed by atoms with van der Waals surface area (Å²) in [6, 6.07) is 15.6. The number of carboxylic acids is 1. The highest BCUT2D eigenvalue weighted by molar-refractivity contribution is 7.89. The minimum absolute atomic E-state index is 0.161. The van der Waals surface area contributed by atoms with Crippen molar-refractivity contribution in [2.24, 2.45) is 5.14 Å². The third kappa shape index (κ3) is 4.33. The fraction of sp³-hybridized carbons (Fsp3) is 0.105. The summed E-state index contributed by atoms with van der Waals surface area (Å²) in [7, 11) is -2.45. The van der Waals surface area contributed by atoms with Gasteiger partial charge in [-0.3, -0.25) is 0 Å². The molecule has 0 saturated heterocycles. The van der Waals surface area contributed by atoms with Crippen LogP contribution in [0.15, 0.2) is 64.9 Å². The van der Waals surface area contributed by atoms with Crippen LogP contribution in [0.25, 0.3) is 0 Å². The van der Waals surface area contributed by atoms with Gasteiger partial charge in [0.2, 0.25) is 10.0 Å². The fourth-order valence-corrected chi connectivity index (χ4v) is 4.18. The Hall–Kier alpha value is -2.88. The van der Waals surface area contributed by atoms with Crippen LogP contribution in [-0.4, -0.2) is 26.5 Å². The summed E-state index contributed by atoms with van der Waals surface area (Å²) < 4.78 is 24.3. The number of nitrogens with zero attached hydrogens (tertiary/aromatic N) is 1. The largest absolute Gasteiger partial charge is 0.478 e. The second-order valence-corrected chi connectivity index (χ2v) is 8.61. The van der Waals surface area contributed by atoms with Crippen LogP contribution in [0, 0.1) is 0 Å². The minimum atomic E-state index is -4.15. The Labute approximate surface area is 167 Å². The highest BCUT2D eigenvalue weighted by Crippen LogP contribution is 2.34. The monoisotopic (exact) mass is 417 g/mol. The molecule has 4 N–H and O–H groups in total. The zero-order chi connectivity index (χ0) is 20.3. The SMILES string of the molecule is CN(c1ccccc1)c1cc(NCc2cccs2)c(C(=O)O)cc1S(N)(=O)=O. The maximum absolute atomic E-state index is 12.2. The van der Waals surface area contributed by atoms with Gasteiger partial charge in [-0.05, 0) is 35.7 Å². The van der Waals surface area contributed by atoms with Gasteiger partial charge in [0.15, 0.2) is 0 Å². The first-order valence-corrected chi connectivity index (χ1v) is 10.7. The average Bonchev–Trinajstić information content (AvgIpc) is 3.18. The van der Waals surface area contributed by atoms with E-state index in [0.29, 0.717) is 12.2 Å². The summed E-state index contributed by atoms with van der Waals surface area (Å²) >= 11 is 1.53. The second kappa shape index (κ2) is 8.01. The number of thiophene rings is 1. The number of hydrogen-bond donors (Lipinski definition) is 3. The van der Waals surface area contributed by atoms with E-state index in [4.69, 9.17) is 5.14 Å². The van der Waals surface area contributed by atoms with Crippen molar-refractivity contribution in [2.75, 3.05) is 17.3 Å². The molecule has 0 spiro atoms. The van der Waals surface area contributed by atoms with Gasteiger partial charge in [-0.2, -0.15) is 0 Å². The minimum Gasteiger partial charge on any atom is -0.478 e. The maximum atomic E-state index is 12.2. The molecule has 7 nitrogen and oxygen atoms in total. The van der Waals surface area contributed by atoms with E-state index in [1.807, 2.05) is 47.8 Å². The van der Waals surface area contributed by atoms with Gasteiger partial charge in [-0.1, -0.05) is 24.3 Å². The van der Waals surface area contributed by atoms with Gasteiger partial charge in [0.25, 0.3) is 0 Å². The fourth-order valence-electron chi connectivity index (χ4n) is 2.77. The van der Waals surface area contributed by atoms with Crippen LogP contribution in [0.4, 0.5) is 17.1 Å². The van der Waals surface area contributed by atoms with Crippen LogP contribution in [0.5, 0.6) is 0 Å². The van der Waals surface area contributed by atoms with Crippen LogP contribution in [0.3, 0.4) is 0 Å². The van der Waals surface area contributed by atoms with Gasteiger partial charge >= 0.3 is 5.97 Å². The van der Waals surface area contributed by atoms with E-state index in [2.05, 4.69) is 5.32 Å². The van der Waals surface area contributed by atoms with E-state index in [1.54, 1.807) is 11.9 Å². The standard InChI is InChI=1S/C19H19N3O4S2/c1-22(13-6-3-2-4-7-13)17-11-16(21-12-14-8-5-9-27-14)15(19(23)24)10-18(17)28(20,25)26/h2-11,21H,12H2,1H3,(H,23,24)(H2,20,25,26). The summed E-state index contributed by atoms with van der Waals surface area (Å²) in [4.78, 5) is 14.1. The molecule has 0 amide bonds. The van der Waals surface area contributed by atoms with Crippen molar-refractivity contribution < 1.29 is 18.3 Å². The number of carbonyl (C=O) groups is 1. The first-order chi connectivity index (χ1) is 13.3. The molecule has 0 unspecified atom stereocenters. The molecular weight excluding hydrogens is 398 g/mol. The lowest BCUT2D eigenvalue weighted by Gasteiger charge is -2.24. The number of nitrogens with two attached hydrogens (primary N) is 1. The van der Waals surface area contributed by atoms with Crippen molar-refractivity contribution in [1.82, 2.24) is 0 Å². The molecule has 0 bridgehead atoms. The van der Waals surface area contributed by atoms with Crippen molar-refractivity contribution in [1.29, 1.82) is 0 Å². The number of nitrogens with one attached hydrogen (secondary N) is 1. The van der Waals surface area contributed by atoms with E-state index >= 15 is 0 Å². The van der Waals surface area contributed by atoms with E-state index < -0.39 is 16.0 Å². The van der Waals surface area contributed by atoms with E-state index in [0.717, 1.165) is 16.6 Å². The van der Waals surface area contributed by atoms with Gasteiger partial charge in [0.05, 0.1) is 16.9 Å². The van der Waals surface area contributed by atoms with E-state index in [1.165, 1.54) is 17.4 Å². The summed E-state index contributed by atoms with van der Waals surface area (Å²) in [6.45, 7) is 0.418. The molecule has 0 aliphatic carbocycles. The molecule has 9 heteroatoms. The van der Waals surface area contributed by atoms with Crippen LogP contribution >= 0.6 is 11.3 Å². The Morgan fingerprint density at radius 3 is 2.46 bits per heavy atom. The maximum Gasteiger partial charge on any atom is 0.337 e. The normalized spacial score (nSPS) is 11.2. The molecule has 3 aromatic rings. The topological polar surface area (TPSA) is 113 Å². The first-order valence-electron chi connectivity index (χ1n) is 8.26. The molecule has 1 heterocycles. The summed E-state index contributed by atoms with van der Waals surface area (Å²) in [5.41, 5.74) is 1.17.